The third-order valence-corrected chi connectivity index (χ3v) is 3.56. The van der Waals surface area contributed by atoms with Crippen LogP contribution in [0.5, 0.6) is 17.2 Å². The second-order valence-corrected chi connectivity index (χ2v) is 5.49. The number of carbonyl (C=O) groups is 1. The minimum atomic E-state index is -0.450. The van der Waals surface area contributed by atoms with E-state index in [9.17, 15) is 9.18 Å². The van der Waals surface area contributed by atoms with E-state index >= 15 is 0 Å². The molecule has 3 aromatic rings. The van der Waals surface area contributed by atoms with E-state index in [1.54, 1.807) is 24.3 Å². The van der Waals surface area contributed by atoms with E-state index in [-0.39, 0.29) is 24.7 Å². The van der Waals surface area contributed by atoms with Crippen molar-refractivity contribution in [1.82, 2.24) is 0 Å². The van der Waals surface area contributed by atoms with Gasteiger partial charge in [0, 0.05) is 0 Å². The smallest absolute Gasteiger partial charge is 0.227 e. The second kappa shape index (κ2) is 8.67. The highest BCUT2D eigenvalue weighted by Gasteiger charge is 2.09. The minimum absolute atomic E-state index is 0.0779. The number of nitrogens with one attached hydrogen (secondary N) is 1. The summed E-state index contributed by atoms with van der Waals surface area (Å²) in [6, 6.07) is 22.6. The van der Waals surface area contributed by atoms with Crippen molar-refractivity contribution in [3.63, 3.8) is 0 Å². The van der Waals surface area contributed by atoms with Gasteiger partial charge in [0.05, 0.1) is 18.7 Å². The van der Waals surface area contributed by atoms with E-state index in [0.29, 0.717) is 17.2 Å². The molecular weight excluding hydrogens is 333 g/mol. The Bertz CT molecular complexity index is 868. The first-order valence-corrected chi connectivity index (χ1v) is 8.21. The van der Waals surface area contributed by atoms with Gasteiger partial charge in [0.2, 0.25) is 5.91 Å². The Balaban J connectivity index is 1.57. The maximum Gasteiger partial charge on any atom is 0.227 e. The zero-order valence-electron chi connectivity index (χ0n) is 14.0. The summed E-state index contributed by atoms with van der Waals surface area (Å²) in [5, 5.41) is 2.79. The summed E-state index contributed by atoms with van der Waals surface area (Å²) >= 11 is 0. The van der Waals surface area contributed by atoms with Crippen LogP contribution in [0.25, 0.3) is 0 Å². The lowest BCUT2D eigenvalue weighted by atomic mass is 10.2. The molecule has 0 aromatic heterocycles. The van der Waals surface area contributed by atoms with Gasteiger partial charge in [-0.2, -0.15) is 0 Å². The van der Waals surface area contributed by atoms with Gasteiger partial charge in [0.1, 0.15) is 5.75 Å². The van der Waals surface area contributed by atoms with Crippen molar-refractivity contribution in [3.05, 3.63) is 84.7 Å². The monoisotopic (exact) mass is 351 g/mol. The fraction of sp³-hybridized carbons (Fsp3) is 0.0952. The van der Waals surface area contributed by atoms with Crippen LogP contribution in [0.1, 0.15) is 6.42 Å². The average Bonchev–Trinajstić information content (AvgIpc) is 2.66. The number of amides is 1. The van der Waals surface area contributed by atoms with Crippen molar-refractivity contribution in [2.75, 3.05) is 11.9 Å². The van der Waals surface area contributed by atoms with Crippen molar-refractivity contribution in [3.8, 4) is 17.2 Å². The average molecular weight is 351 g/mol. The van der Waals surface area contributed by atoms with Crippen LogP contribution in [-0.2, 0) is 4.79 Å². The van der Waals surface area contributed by atoms with Crippen LogP contribution in [0.15, 0.2) is 78.9 Å². The van der Waals surface area contributed by atoms with Gasteiger partial charge < -0.3 is 14.8 Å². The Hall–Kier alpha value is -3.34. The molecule has 0 saturated carbocycles. The quantitative estimate of drug-likeness (QED) is 0.650. The third-order valence-electron chi connectivity index (χ3n) is 3.56. The van der Waals surface area contributed by atoms with E-state index in [1.807, 2.05) is 42.5 Å². The highest BCUT2D eigenvalue weighted by molar-refractivity contribution is 5.92. The molecule has 3 rings (SSSR count). The molecule has 0 spiro atoms. The molecule has 1 amide bonds. The highest BCUT2D eigenvalue weighted by atomic mass is 19.1. The van der Waals surface area contributed by atoms with E-state index in [1.165, 1.54) is 12.1 Å². The van der Waals surface area contributed by atoms with Gasteiger partial charge in [0.15, 0.2) is 17.3 Å². The predicted molar refractivity (Wildman–Crippen MR) is 98.1 cm³/mol. The maximum absolute atomic E-state index is 13.5. The number of para-hydroxylation sites is 4. The summed E-state index contributed by atoms with van der Waals surface area (Å²) in [6.45, 7) is 0.0779. The van der Waals surface area contributed by atoms with Crippen molar-refractivity contribution < 1.29 is 18.7 Å². The Morgan fingerprint density at radius 2 is 1.50 bits per heavy atom. The molecule has 1 N–H and O–H groups in total. The largest absolute Gasteiger partial charge is 0.490 e. The van der Waals surface area contributed by atoms with Gasteiger partial charge >= 0.3 is 0 Å². The van der Waals surface area contributed by atoms with Crippen LogP contribution < -0.4 is 14.8 Å². The molecular formula is C21H18FNO3. The number of hydrogen-bond acceptors (Lipinski definition) is 3. The Morgan fingerprint density at radius 3 is 2.27 bits per heavy atom. The maximum atomic E-state index is 13.5. The van der Waals surface area contributed by atoms with Gasteiger partial charge in [-0.05, 0) is 36.4 Å². The molecule has 26 heavy (non-hydrogen) atoms. The van der Waals surface area contributed by atoms with E-state index in [2.05, 4.69) is 5.32 Å². The second-order valence-electron chi connectivity index (χ2n) is 5.49. The van der Waals surface area contributed by atoms with Gasteiger partial charge in [-0.15, -0.1) is 0 Å². The molecule has 5 heteroatoms. The molecule has 0 fully saturated rings. The normalized spacial score (nSPS) is 10.2. The molecule has 0 heterocycles. The van der Waals surface area contributed by atoms with E-state index in [0.717, 1.165) is 0 Å². The lowest BCUT2D eigenvalue weighted by Gasteiger charge is -2.12. The van der Waals surface area contributed by atoms with Gasteiger partial charge in [0.25, 0.3) is 0 Å². The summed E-state index contributed by atoms with van der Waals surface area (Å²) in [6.07, 6.45) is 0.0913. The molecule has 0 aliphatic carbocycles. The first-order chi connectivity index (χ1) is 12.7. The number of halogens is 1. The molecule has 132 valence electrons. The van der Waals surface area contributed by atoms with Crippen LogP contribution in [0, 0.1) is 5.82 Å². The summed E-state index contributed by atoms with van der Waals surface area (Å²) < 4.78 is 24.6. The van der Waals surface area contributed by atoms with Crippen molar-refractivity contribution in [1.29, 1.82) is 0 Å². The van der Waals surface area contributed by atoms with Crippen molar-refractivity contribution in [2.45, 2.75) is 6.42 Å². The molecule has 0 atom stereocenters. The summed E-state index contributed by atoms with van der Waals surface area (Å²) in [4.78, 5) is 12.2. The zero-order valence-corrected chi connectivity index (χ0v) is 14.0. The molecule has 0 bridgehead atoms. The minimum Gasteiger partial charge on any atom is -0.490 e. The summed E-state index contributed by atoms with van der Waals surface area (Å²) in [7, 11) is 0. The Labute approximate surface area is 151 Å². The summed E-state index contributed by atoms with van der Waals surface area (Å²) in [5.74, 6) is 0.659. The lowest BCUT2D eigenvalue weighted by molar-refractivity contribution is -0.116. The third kappa shape index (κ3) is 4.83. The summed E-state index contributed by atoms with van der Waals surface area (Å²) in [5.41, 5.74) is 0.562. The molecule has 0 aliphatic rings. The zero-order chi connectivity index (χ0) is 18.2. The number of hydrogen-bond donors (Lipinski definition) is 1. The topological polar surface area (TPSA) is 47.6 Å². The van der Waals surface area contributed by atoms with E-state index < -0.39 is 5.82 Å². The lowest BCUT2D eigenvalue weighted by Crippen LogP contribution is -2.15. The first kappa shape index (κ1) is 17.5. The van der Waals surface area contributed by atoms with Crippen LogP contribution >= 0.6 is 0 Å². The van der Waals surface area contributed by atoms with Crippen LogP contribution in [0.4, 0.5) is 10.1 Å². The number of ether oxygens (including phenoxy) is 2. The number of benzene rings is 3. The molecule has 0 aliphatic heterocycles. The molecule has 4 nitrogen and oxygen atoms in total. The van der Waals surface area contributed by atoms with Crippen molar-refractivity contribution >= 4 is 11.6 Å². The fourth-order valence-corrected chi connectivity index (χ4v) is 2.30. The molecule has 0 saturated heterocycles. The predicted octanol–water partition coefficient (Wildman–Crippen LogP) is 5.03. The fourth-order valence-electron chi connectivity index (χ4n) is 2.30. The molecule has 0 unspecified atom stereocenters. The Kier molecular flexibility index (Phi) is 5.83. The van der Waals surface area contributed by atoms with Crippen LogP contribution in [0.2, 0.25) is 0 Å². The first-order valence-electron chi connectivity index (χ1n) is 8.21. The number of carbonyl (C=O) groups excluding carboxylic acids is 1. The van der Waals surface area contributed by atoms with Gasteiger partial charge in [-0.1, -0.05) is 42.5 Å². The number of rotatable bonds is 7. The van der Waals surface area contributed by atoms with Gasteiger partial charge in [-0.3, -0.25) is 4.79 Å². The van der Waals surface area contributed by atoms with Crippen molar-refractivity contribution in [2.24, 2.45) is 0 Å². The van der Waals surface area contributed by atoms with Crippen LogP contribution in [-0.4, -0.2) is 12.5 Å². The van der Waals surface area contributed by atoms with Crippen LogP contribution in [0.3, 0.4) is 0 Å². The SMILES string of the molecule is O=C(CCOc1ccccc1F)Nc1ccccc1Oc1ccccc1. The Morgan fingerprint density at radius 1 is 0.846 bits per heavy atom. The highest BCUT2D eigenvalue weighted by Crippen LogP contribution is 2.29. The molecule has 0 radical (unpaired) electrons. The standard InChI is InChI=1S/C21H18FNO3/c22-17-10-4-6-12-19(17)25-15-14-21(24)23-18-11-5-7-13-20(18)26-16-8-2-1-3-9-16/h1-13H,14-15H2,(H,23,24). The van der Waals surface area contributed by atoms with E-state index in [4.69, 9.17) is 9.47 Å². The van der Waals surface area contributed by atoms with Gasteiger partial charge in [-0.25, -0.2) is 4.39 Å². The molecule has 3 aromatic carbocycles. The number of anilines is 1.